The molecule has 1 heterocycles. The summed E-state index contributed by atoms with van der Waals surface area (Å²) in [5, 5.41) is 4.51. The van der Waals surface area contributed by atoms with Crippen LogP contribution in [0, 0.1) is 0 Å². The molecule has 0 radical (unpaired) electrons. The van der Waals surface area contributed by atoms with Crippen LogP contribution in [0.1, 0.15) is 32.3 Å². The van der Waals surface area contributed by atoms with Gasteiger partial charge in [0.1, 0.15) is 0 Å². The van der Waals surface area contributed by atoms with E-state index in [1.54, 1.807) is 36.1 Å². The number of benzene rings is 1. The van der Waals surface area contributed by atoms with Gasteiger partial charge in [0.25, 0.3) is 5.91 Å². The van der Waals surface area contributed by atoms with Crippen LogP contribution in [0.2, 0.25) is 0 Å². The maximum Gasteiger partial charge on any atom is 0.321 e. The van der Waals surface area contributed by atoms with Crippen molar-refractivity contribution in [2.45, 2.75) is 39.2 Å². The van der Waals surface area contributed by atoms with E-state index in [1.165, 1.54) is 6.92 Å². The summed E-state index contributed by atoms with van der Waals surface area (Å²) < 4.78 is 5.05. The first-order valence-corrected chi connectivity index (χ1v) is 8.58. The first-order valence-electron chi connectivity index (χ1n) is 8.58. The maximum absolute atomic E-state index is 12.0. The van der Waals surface area contributed by atoms with E-state index in [4.69, 9.17) is 4.74 Å². The second kappa shape index (κ2) is 8.98. The van der Waals surface area contributed by atoms with Crippen molar-refractivity contribution in [3.05, 3.63) is 29.8 Å². The number of rotatable bonds is 6. The Bertz CT molecular complexity index is 687. The molecule has 26 heavy (non-hydrogen) atoms. The predicted molar refractivity (Wildman–Crippen MR) is 94.5 cm³/mol. The van der Waals surface area contributed by atoms with Crippen molar-refractivity contribution in [3.8, 4) is 0 Å². The fourth-order valence-corrected chi connectivity index (χ4v) is 2.59. The van der Waals surface area contributed by atoms with Crippen LogP contribution in [0.15, 0.2) is 24.3 Å². The van der Waals surface area contributed by atoms with E-state index in [-0.39, 0.29) is 12.3 Å². The Labute approximate surface area is 151 Å². The average Bonchev–Trinajstić information content (AvgIpc) is 3.01. The summed E-state index contributed by atoms with van der Waals surface area (Å²) in [5.41, 5.74) is 1.51. The van der Waals surface area contributed by atoms with Crippen LogP contribution in [0.4, 0.5) is 10.5 Å². The van der Waals surface area contributed by atoms with E-state index in [9.17, 15) is 19.2 Å². The minimum absolute atomic E-state index is 0.00694. The maximum atomic E-state index is 12.0. The summed E-state index contributed by atoms with van der Waals surface area (Å²) in [6.45, 7) is 4.21. The molecule has 2 N–H and O–H groups in total. The van der Waals surface area contributed by atoms with Crippen molar-refractivity contribution in [3.63, 3.8) is 0 Å². The average molecular weight is 361 g/mol. The Balaban J connectivity index is 1.84. The van der Waals surface area contributed by atoms with Gasteiger partial charge in [0, 0.05) is 25.2 Å². The van der Waals surface area contributed by atoms with Crippen LogP contribution in [-0.2, 0) is 25.5 Å². The smallest absolute Gasteiger partial charge is 0.321 e. The number of nitrogens with one attached hydrogen (secondary N) is 2. The second-order valence-corrected chi connectivity index (χ2v) is 5.97. The number of amides is 4. The summed E-state index contributed by atoms with van der Waals surface area (Å²) in [5.74, 6) is -1.16. The molecule has 8 nitrogen and oxygen atoms in total. The third-order valence-corrected chi connectivity index (χ3v) is 3.92. The lowest BCUT2D eigenvalue weighted by Gasteiger charge is -2.16. The van der Waals surface area contributed by atoms with Crippen LogP contribution in [0.25, 0.3) is 0 Å². The molecule has 1 aliphatic heterocycles. The molecule has 8 heteroatoms. The standard InChI is InChI=1S/C18H23N3O5/c1-3-19-18(25)20-17(24)12(2)26-16(23)11-13-6-8-14(9-7-13)21-10-4-5-15(21)22/h6-9,12H,3-5,10-11H2,1-2H3,(H2,19,20,24,25)/t12-/m1/s1. The van der Waals surface area contributed by atoms with Crippen LogP contribution >= 0.6 is 0 Å². The fourth-order valence-electron chi connectivity index (χ4n) is 2.59. The molecule has 0 spiro atoms. The summed E-state index contributed by atoms with van der Waals surface area (Å²) in [4.78, 5) is 48.4. The van der Waals surface area contributed by atoms with E-state index in [0.717, 1.165) is 12.1 Å². The SMILES string of the molecule is CCNC(=O)NC(=O)[C@@H](C)OC(=O)Cc1ccc(N2CCCC2=O)cc1. The number of anilines is 1. The number of nitrogens with zero attached hydrogens (tertiary/aromatic N) is 1. The van der Waals surface area contributed by atoms with Gasteiger partial charge in [0.15, 0.2) is 6.10 Å². The minimum Gasteiger partial charge on any atom is -0.452 e. The Morgan fingerprint density at radius 3 is 2.50 bits per heavy atom. The van der Waals surface area contributed by atoms with Crippen LogP contribution < -0.4 is 15.5 Å². The van der Waals surface area contributed by atoms with Gasteiger partial charge in [-0.05, 0) is 38.0 Å². The number of urea groups is 1. The second-order valence-electron chi connectivity index (χ2n) is 5.97. The Morgan fingerprint density at radius 1 is 1.23 bits per heavy atom. The summed E-state index contributed by atoms with van der Waals surface area (Å²) in [6, 6.07) is 6.45. The molecule has 0 unspecified atom stereocenters. The molecule has 1 aromatic carbocycles. The largest absolute Gasteiger partial charge is 0.452 e. The highest BCUT2D eigenvalue weighted by Gasteiger charge is 2.22. The van der Waals surface area contributed by atoms with E-state index in [2.05, 4.69) is 10.6 Å². The van der Waals surface area contributed by atoms with Crippen LogP contribution in [-0.4, -0.2) is 43.0 Å². The molecule has 0 aromatic heterocycles. The Hall–Kier alpha value is -2.90. The van der Waals surface area contributed by atoms with Crippen LogP contribution in [0.3, 0.4) is 0 Å². The van der Waals surface area contributed by atoms with Crippen LogP contribution in [0.5, 0.6) is 0 Å². The summed E-state index contributed by atoms with van der Waals surface area (Å²) >= 11 is 0. The van der Waals surface area contributed by atoms with Gasteiger partial charge in [0.2, 0.25) is 5.91 Å². The molecule has 0 bridgehead atoms. The molecule has 1 atom stereocenters. The number of hydrogen-bond donors (Lipinski definition) is 2. The third kappa shape index (κ3) is 5.30. The third-order valence-electron chi connectivity index (χ3n) is 3.92. The van der Waals surface area contributed by atoms with E-state index >= 15 is 0 Å². The predicted octanol–water partition coefficient (Wildman–Crippen LogP) is 1.13. The van der Waals surface area contributed by atoms with Gasteiger partial charge in [-0.3, -0.25) is 19.7 Å². The van der Waals surface area contributed by atoms with E-state index in [0.29, 0.717) is 25.1 Å². The molecular weight excluding hydrogens is 338 g/mol. The number of carbonyl (C=O) groups excluding carboxylic acids is 4. The zero-order valence-electron chi connectivity index (χ0n) is 14.9. The summed E-state index contributed by atoms with van der Waals surface area (Å²) in [7, 11) is 0. The molecule has 1 aliphatic rings. The quantitative estimate of drug-likeness (QED) is 0.739. The van der Waals surface area contributed by atoms with Gasteiger partial charge >= 0.3 is 12.0 Å². The van der Waals surface area contributed by atoms with Gasteiger partial charge < -0.3 is 15.0 Å². The van der Waals surface area contributed by atoms with E-state index in [1.807, 2.05) is 0 Å². The zero-order chi connectivity index (χ0) is 19.1. The number of ether oxygens (including phenoxy) is 1. The lowest BCUT2D eigenvalue weighted by molar-refractivity contribution is -0.153. The van der Waals surface area contributed by atoms with Gasteiger partial charge in [-0.2, -0.15) is 0 Å². The monoisotopic (exact) mass is 361 g/mol. The van der Waals surface area contributed by atoms with Crippen molar-refractivity contribution in [1.29, 1.82) is 0 Å². The zero-order valence-corrected chi connectivity index (χ0v) is 14.9. The number of carbonyl (C=O) groups is 4. The lowest BCUT2D eigenvalue weighted by Crippen LogP contribution is -2.44. The molecule has 2 rings (SSSR count). The van der Waals surface area contributed by atoms with E-state index < -0.39 is 24.0 Å². The molecule has 0 aliphatic carbocycles. The number of esters is 1. The first-order chi connectivity index (χ1) is 12.4. The van der Waals surface area contributed by atoms with Crippen molar-refractivity contribution in [2.24, 2.45) is 0 Å². The summed E-state index contributed by atoms with van der Waals surface area (Å²) in [6.07, 6.45) is 0.326. The van der Waals surface area contributed by atoms with Gasteiger partial charge in [-0.15, -0.1) is 0 Å². The highest BCUT2D eigenvalue weighted by Crippen LogP contribution is 2.21. The Morgan fingerprint density at radius 2 is 1.92 bits per heavy atom. The van der Waals surface area contributed by atoms with Crippen molar-refractivity contribution >= 4 is 29.5 Å². The molecule has 140 valence electrons. The molecular formula is C18H23N3O5. The molecule has 1 aromatic rings. The number of imide groups is 1. The van der Waals surface area contributed by atoms with Crippen molar-refractivity contribution in [2.75, 3.05) is 18.0 Å². The van der Waals surface area contributed by atoms with Crippen molar-refractivity contribution in [1.82, 2.24) is 10.6 Å². The highest BCUT2D eigenvalue weighted by atomic mass is 16.5. The molecule has 1 saturated heterocycles. The van der Waals surface area contributed by atoms with Gasteiger partial charge in [-0.25, -0.2) is 4.79 Å². The van der Waals surface area contributed by atoms with Crippen molar-refractivity contribution < 1.29 is 23.9 Å². The highest BCUT2D eigenvalue weighted by molar-refractivity contribution is 5.97. The topological polar surface area (TPSA) is 105 Å². The Kier molecular flexibility index (Phi) is 6.71. The number of hydrogen-bond acceptors (Lipinski definition) is 5. The normalized spacial score (nSPS) is 14.7. The first kappa shape index (κ1) is 19.4. The van der Waals surface area contributed by atoms with Gasteiger partial charge in [-0.1, -0.05) is 12.1 Å². The fraction of sp³-hybridized carbons (Fsp3) is 0.444. The lowest BCUT2D eigenvalue weighted by atomic mass is 10.1. The van der Waals surface area contributed by atoms with Gasteiger partial charge in [0.05, 0.1) is 6.42 Å². The molecule has 4 amide bonds. The molecule has 1 fully saturated rings. The minimum atomic E-state index is -1.08. The molecule has 0 saturated carbocycles.